The van der Waals surface area contributed by atoms with E-state index < -0.39 is 0 Å². The van der Waals surface area contributed by atoms with E-state index in [9.17, 15) is 5.11 Å². The Hall–Kier alpha value is -3.78. The molecule has 0 N–H and O–H groups in total. The van der Waals surface area contributed by atoms with Gasteiger partial charge in [-0.15, -0.1) is 5.75 Å². The van der Waals surface area contributed by atoms with Crippen LogP contribution in [0.15, 0.2) is 109 Å². The summed E-state index contributed by atoms with van der Waals surface area (Å²) in [7, 11) is 2.04. The van der Waals surface area contributed by atoms with Crippen LogP contribution in [0.5, 0.6) is 5.75 Å². The van der Waals surface area contributed by atoms with E-state index in [1.165, 1.54) is 16.3 Å². The minimum Gasteiger partial charge on any atom is -0.872 e. The summed E-state index contributed by atoms with van der Waals surface area (Å²) in [4.78, 5) is 2.06. The molecule has 0 aliphatic carbocycles. The van der Waals surface area contributed by atoms with Crippen LogP contribution in [0.3, 0.4) is 0 Å². The third kappa shape index (κ3) is 3.85. The molecule has 0 unspecified atom stereocenters. The molecule has 0 spiro atoms. The molecular formula is C28H22NO-. The van der Waals surface area contributed by atoms with Gasteiger partial charge in [0.05, 0.1) is 0 Å². The summed E-state index contributed by atoms with van der Waals surface area (Å²) in [6.45, 7) is 0. The van der Waals surface area contributed by atoms with E-state index in [0.717, 1.165) is 21.9 Å². The van der Waals surface area contributed by atoms with Crippen LogP contribution in [0.25, 0.3) is 32.7 Å². The van der Waals surface area contributed by atoms with Gasteiger partial charge in [-0.05, 0) is 62.5 Å². The molecule has 0 saturated carbocycles. The molecule has 0 radical (unpaired) electrons. The van der Waals surface area contributed by atoms with E-state index >= 15 is 0 Å². The van der Waals surface area contributed by atoms with Crippen LogP contribution in [0.2, 0.25) is 0 Å². The molecule has 1 heterocycles. The molecule has 2 heteroatoms. The monoisotopic (exact) mass is 388 g/mol. The van der Waals surface area contributed by atoms with E-state index in [-0.39, 0.29) is 11.7 Å². The molecular weight excluding hydrogens is 366 g/mol. The SMILES string of the molecule is CN1C=CC(c2cc3ccc4cc(-c5ccc([O-])cc5)cc(ccc(c2)c3)c4)C=C1. The highest BCUT2D eigenvalue weighted by atomic mass is 16.3. The third-order valence-electron chi connectivity index (χ3n) is 5.54. The normalized spacial score (nSPS) is 13.8. The van der Waals surface area contributed by atoms with Crippen molar-refractivity contribution in [1.82, 2.24) is 4.90 Å². The summed E-state index contributed by atoms with van der Waals surface area (Å²) in [5, 5.41) is 16.1. The van der Waals surface area contributed by atoms with E-state index in [1.807, 2.05) is 19.2 Å². The Morgan fingerprint density at radius 2 is 1.10 bits per heavy atom. The van der Waals surface area contributed by atoms with Gasteiger partial charge in [-0.3, -0.25) is 0 Å². The van der Waals surface area contributed by atoms with Gasteiger partial charge in [-0.1, -0.05) is 72.8 Å². The van der Waals surface area contributed by atoms with Crippen LogP contribution in [0.1, 0.15) is 11.5 Å². The smallest absolute Gasteiger partial charge is 0.0233 e. The van der Waals surface area contributed by atoms with Crippen molar-refractivity contribution in [1.29, 1.82) is 0 Å². The fraction of sp³-hybridized carbons (Fsp3) is 0.0714. The molecule has 146 valence electrons. The maximum atomic E-state index is 11.5. The van der Waals surface area contributed by atoms with Crippen molar-refractivity contribution in [2.75, 3.05) is 7.05 Å². The molecule has 30 heavy (non-hydrogen) atoms. The Bertz CT molecular complexity index is 1240. The van der Waals surface area contributed by atoms with Crippen LogP contribution in [0, 0.1) is 0 Å². The fourth-order valence-corrected chi connectivity index (χ4v) is 3.95. The van der Waals surface area contributed by atoms with Crippen molar-refractivity contribution in [2.24, 2.45) is 0 Å². The first-order chi connectivity index (χ1) is 14.6. The second kappa shape index (κ2) is 7.57. The van der Waals surface area contributed by atoms with E-state index in [0.29, 0.717) is 0 Å². The van der Waals surface area contributed by atoms with Gasteiger partial charge >= 0.3 is 0 Å². The highest BCUT2D eigenvalue weighted by Crippen LogP contribution is 2.27. The zero-order chi connectivity index (χ0) is 20.5. The standard InChI is InChI=1S/C28H23NO/c1-29-12-10-25(11-13-29)27-18-22-4-2-20-14-21(3-5-23(15-22)19-27)17-26(16-20)24-6-8-28(30)9-7-24/h2-19,25,30H,1H3/p-1. The molecule has 0 amide bonds. The van der Waals surface area contributed by atoms with Crippen molar-refractivity contribution in [2.45, 2.75) is 5.92 Å². The quantitative estimate of drug-likeness (QED) is 0.400. The summed E-state index contributed by atoms with van der Waals surface area (Å²) in [5.41, 5.74) is 3.46. The highest BCUT2D eigenvalue weighted by Gasteiger charge is 2.08. The Morgan fingerprint density at radius 1 is 0.600 bits per heavy atom. The number of hydrogen-bond acceptors (Lipinski definition) is 2. The molecule has 0 aromatic heterocycles. The minimum absolute atomic E-state index is 0.0351. The van der Waals surface area contributed by atoms with Gasteiger partial charge in [0.25, 0.3) is 0 Å². The lowest BCUT2D eigenvalue weighted by atomic mass is 9.95. The number of allylic oxidation sites excluding steroid dienone is 2. The van der Waals surface area contributed by atoms with Crippen molar-refractivity contribution in [3.8, 4) is 16.9 Å². The second-order valence-corrected chi connectivity index (χ2v) is 7.89. The van der Waals surface area contributed by atoms with Gasteiger partial charge in [-0.2, -0.15) is 0 Å². The van der Waals surface area contributed by atoms with E-state index in [2.05, 4.69) is 90.1 Å². The van der Waals surface area contributed by atoms with Gasteiger partial charge < -0.3 is 10.0 Å². The number of fused-ring (bicyclic) bond motifs is 4. The summed E-state index contributed by atoms with van der Waals surface area (Å²) in [5.74, 6) is 0.325. The molecule has 0 fully saturated rings. The Morgan fingerprint density at radius 3 is 1.63 bits per heavy atom. The van der Waals surface area contributed by atoms with Gasteiger partial charge in [-0.25, -0.2) is 0 Å². The van der Waals surface area contributed by atoms with Crippen LogP contribution < -0.4 is 5.11 Å². The molecule has 0 atom stereocenters. The first kappa shape index (κ1) is 18.3. The maximum absolute atomic E-state index is 11.5. The first-order valence-corrected chi connectivity index (χ1v) is 10.1. The van der Waals surface area contributed by atoms with Crippen LogP contribution in [-0.4, -0.2) is 11.9 Å². The molecule has 4 aromatic carbocycles. The van der Waals surface area contributed by atoms with Gasteiger partial charge in [0, 0.05) is 25.4 Å². The van der Waals surface area contributed by atoms with E-state index in [1.54, 1.807) is 12.1 Å². The van der Waals surface area contributed by atoms with Crippen molar-refractivity contribution < 1.29 is 5.11 Å². The summed E-state index contributed by atoms with van der Waals surface area (Å²) >= 11 is 0. The van der Waals surface area contributed by atoms with Crippen molar-refractivity contribution in [3.05, 3.63) is 115 Å². The summed E-state index contributed by atoms with van der Waals surface area (Å²) < 4.78 is 0. The molecule has 1 aliphatic heterocycles. The lowest BCUT2D eigenvalue weighted by Gasteiger charge is -2.18. The van der Waals surface area contributed by atoms with Crippen LogP contribution in [0.4, 0.5) is 0 Å². The zero-order valence-corrected chi connectivity index (χ0v) is 16.8. The van der Waals surface area contributed by atoms with Gasteiger partial charge in [0.2, 0.25) is 0 Å². The van der Waals surface area contributed by atoms with Crippen LogP contribution in [-0.2, 0) is 0 Å². The predicted octanol–water partition coefficient (Wildman–Crippen LogP) is 6.35. The zero-order valence-electron chi connectivity index (χ0n) is 16.8. The lowest BCUT2D eigenvalue weighted by molar-refractivity contribution is -0.268. The van der Waals surface area contributed by atoms with Gasteiger partial charge in [0.15, 0.2) is 0 Å². The topological polar surface area (TPSA) is 26.3 Å². The third-order valence-corrected chi connectivity index (χ3v) is 5.54. The number of nitrogens with zero attached hydrogens (tertiary/aromatic N) is 1. The molecule has 4 bridgehead atoms. The number of hydrogen-bond donors (Lipinski definition) is 0. The van der Waals surface area contributed by atoms with Crippen LogP contribution >= 0.6 is 0 Å². The number of rotatable bonds is 2. The number of benzene rings is 3. The van der Waals surface area contributed by atoms with Gasteiger partial charge in [0.1, 0.15) is 0 Å². The molecule has 4 aromatic rings. The Labute approximate surface area is 176 Å². The fourth-order valence-electron chi connectivity index (χ4n) is 3.95. The lowest BCUT2D eigenvalue weighted by Crippen LogP contribution is -2.06. The maximum Gasteiger partial charge on any atom is 0.0233 e. The summed E-state index contributed by atoms with van der Waals surface area (Å²) in [6, 6.07) is 29.0. The van der Waals surface area contributed by atoms with Crippen molar-refractivity contribution in [3.63, 3.8) is 0 Å². The Balaban J connectivity index is 1.64. The first-order valence-electron chi connectivity index (χ1n) is 10.1. The predicted molar refractivity (Wildman–Crippen MR) is 124 cm³/mol. The molecule has 1 aliphatic rings. The van der Waals surface area contributed by atoms with E-state index in [4.69, 9.17) is 0 Å². The van der Waals surface area contributed by atoms with Crippen molar-refractivity contribution >= 4 is 21.5 Å². The second-order valence-electron chi connectivity index (χ2n) is 7.89. The molecule has 2 nitrogen and oxygen atoms in total. The summed E-state index contributed by atoms with van der Waals surface area (Å²) in [6.07, 6.45) is 8.67. The Kier molecular flexibility index (Phi) is 4.61. The highest BCUT2D eigenvalue weighted by molar-refractivity contribution is 5.81. The molecule has 5 rings (SSSR count). The minimum atomic E-state index is 0.0351. The average Bonchev–Trinajstić information content (AvgIpc) is 2.77. The molecule has 0 saturated heterocycles. The average molecular weight is 388 g/mol. The largest absolute Gasteiger partial charge is 0.872 e.